The molecule has 0 N–H and O–H groups in total. The van der Waals surface area contributed by atoms with E-state index >= 15 is 0 Å². The second-order valence-electron chi connectivity index (χ2n) is 8.02. The largest absolute Gasteiger partial charge is 0.444 e. The number of pyridine rings is 1. The number of halogens is 2. The second kappa shape index (κ2) is 8.13. The van der Waals surface area contributed by atoms with Crippen molar-refractivity contribution < 1.29 is 23.1 Å². The fraction of sp³-hybridized carbons (Fsp3) is 0.409. The first-order valence-electron chi connectivity index (χ1n) is 10.2. The van der Waals surface area contributed by atoms with Crippen LogP contribution in [0.1, 0.15) is 28.4 Å². The second-order valence-corrected chi connectivity index (χ2v) is 8.02. The highest BCUT2D eigenvalue weighted by atomic mass is 19.1. The highest BCUT2D eigenvalue weighted by molar-refractivity contribution is 5.96. The zero-order valence-electron chi connectivity index (χ0n) is 17.7. The number of amides is 2. The summed E-state index contributed by atoms with van der Waals surface area (Å²) in [5.41, 5.74) is 1.54. The Morgan fingerprint density at radius 1 is 1.10 bits per heavy atom. The van der Waals surface area contributed by atoms with Gasteiger partial charge in [0, 0.05) is 32.4 Å². The van der Waals surface area contributed by atoms with Crippen molar-refractivity contribution in [2.24, 2.45) is 0 Å². The van der Waals surface area contributed by atoms with Crippen molar-refractivity contribution in [3.63, 3.8) is 0 Å². The molecule has 3 heterocycles. The molecular formula is C22H24F2N4O3. The molecule has 2 aromatic rings. The van der Waals surface area contributed by atoms with Gasteiger partial charge in [0.15, 0.2) is 0 Å². The van der Waals surface area contributed by atoms with E-state index < -0.39 is 29.2 Å². The van der Waals surface area contributed by atoms with E-state index in [4.69, 9.17) is 4.74 Å². The molecule has 1 aromatic carbocycles. The van der Waals surface area contributed by atoms with Crippen LogP contribution in [0.2, 0.25) is 0 Å². The quantitative estimate of drug-likeness (QED) is 0.748. The van der Waals surface area contributed by atoms with E-state index in [1.54, 1.807) is 13.1 Å². The zero-order chi connectivity index (χ0) is 22.3. The molecule has 2 saturated heterocycles. The molecule has 0 aliphatic carbocycles. The Morgan fingerprint density at radius 3 is 2.29 bits per heavy atom. The molecule has 1 atom stereocenters. The Hall–Kier alpha value is -3.23. The molecule has 31 heavy (non-hydrogen) atoms. The number of benzene rings is 1. The molecular weight excluding hydrogens is 406 g/mol. The van der Waals surface area contributed by atoms with Crippen LogP contribution in [0.25, 0.3) is 0 Å². The third kappa shape index (κ3) is 4.04. The highest BCUT2D eigenvalue weighted by Crippen LogP contribution is 2.27. The minimum Gasteiger partial charge on any atom is -0.444 e. The topological polar surface area (TPSA) is 66.0 Å². The molecule has 2 aliphatic rings. The molecule has 0 saturated carbocycles. The van der Waals surface area contributed by atoms with Gasteiger partial charge in [-0.1, -0.05) is 6.07 Å². The number of hydrogen-bond donors (Lipinski definition) is 0. The van der Waals surface area contributed by atoms with Crippen molar-refractivity contribution >= 4 is 23.5 Å². The van der Waals surface area contributed by atoms with Gasteiger partial charge in [0.25, 0.3) is 5.91 Å². The molecule has 7 nitrogen and oxygen atoms in total. The minimum atomic E-state index is -0.995. The predicted molar refractivity (Wildman–Crippen MR) is 111 cm³/mol. The number of cyclic esters (lactones) is 1. The molecule has 0 spiro atoms. The monoisotopic (exact) mass is 430 g/mol. The molecule has 164 valence electrons. The summed E-state index contributed by atoms with van der Waals surface area (Å²) in [5.74, 6) is -1.84. The van der Waals surface area contributed by atoms with Crippen LogP contribution >= 0.6 is 0 Å². The lowest BCUT2D eigenvalue weighted by atomic mass is 10.1. The van der Waals surface area contributed by atoms with E-state index in [1.807, 2.05) is 19.9 Å². The number of piperazine rings is 1. The van der Waals surface area contributed by atoms with E-state index in [0.717, 1.165) is 34.0 Å². The Balaban J connectivity index is 1.48. The van der Waals surface area contributed by atoms with E-state index in [2.05, 4.69) is 9.88 Å². The summed E-state index contributed by atoms with van der Waals surface area (Å²) in [4.78, 5) is 33.8. The van der Waals surface area contributed by atoms with Gasteiger partial charge >= 0.3 is 6.09 Å². The van der Waals surface area contributed by atoms with Gasteiger partial charge in [-0.05, 0) is 44.0 Å². The fourth-order valence-corrected chi connectivity index (χ4v) is 4.05. The Bertz CT molecular complexity index is 1010. The zero-order valence-corrected chi connectivity index (χ0v) is 17.7. The van der Waals surface area contributed by atoms with E-state index in [1.165, 1.54) is 4.90 Å². The molecule has 1 unspecified atom stereocenters. The number of ether oxygens (including phenoxy) is 1. The van der Waals surface area contributed by atoms with Gasteiger partial charge in [-0.3, -0.25) is 9.69 Å². The summed E-state index contributed by atoms with van der Waals surface area (Å²) in [5, 5.41) is 0. The Kier molecular flexibility index (Phi) is 5.51. The number of rotatable bonds is 3. The number of carbonyl (C=O) groups excluding carboxylic acids is 2. The SMILES string of the molecule is Cc1cnc(N2CCN(C(=O)c3c(F)cc(N4CC(C)OC4=O)cc3F)CC2)c(C)c1. The first-order valence-corrected chi connectivity index (χ1v) is 10.2. The maximum absolute atomic E-state index is 14.7. The molecule has 0 radical (unpaired) electrons. The van der Waals surface area contributed by atoms with Gasteiger partial charge in [0.2, 0.25) is 0 Å². The van der Waals surface area contributed by atoms with Gasteiger partial charge in [-0.25, -0.2) is 18.6 Å². The lowest BCUT2D eigenvalue weighted by molar-refractivity contribution is 0.0736. The van der Waals surface area contributed by atoms with Crippen molar-refractivity contribution in [2.75, 3.05) is 42.5 Å². The standard InChI is InChI=1S/C22H24F2N4O3/c1-13-8-14(2)20(25-11-13)26-4-6-27(7-5-26)21(29)19-17(23)9-16(10-18(19)24)28-12-15(3)31-22(28)30/h8-11,15H,4-7,12H2,1-3H3. The summed E-state index contributed by atoms with van der Waals surface area (Å²) in [6, 6.07) is 4.06. The van der Waals surface area contributed by atoms with Crippen LogP contribution < -0.4 is 9.80 Å². The number of hydrogen-bond acceptors (Lipinski definition) is 5. The van der Waals surface area contributed by atoms with Crippen molar-refractivity contribution in [3.8, 4) is 0 Å². The third-order valence-corrected chi connectivity index (χ3v) is 5.57. The smallest absolute Gasteiger partial charge is 0.414 e. The van der Waals surface area contributed by atoms with Crippen molar-refractivity contribution in [2.45, 2.75) is 26.9 Å². The molecule has 2 aliphatic heterocycles. The molecule has 0 bridgehead atoms. The van der Waals surface area contributed by atoms with Gasteiger partial charge in [0.1, 0.15) is 29.1 Å². The number of aromatic nitrogens is 1. The number of anilines is 2. The number of aryl methyl sites for hydroxylation is 2. The van der Waals surface area contributed by atoms with Crippen molar-refractivity contribution in [1.29, 1.82) is 0 Å². The number of carbonyl (C=O) groups is 2. The van der Waals surface area contributed by atoms with Gasteiger partial charge in [0.05, 0.1) is 12.2 Å². The molecule has 2 amide bonds. The summed E-state index contributed by atoms with van der Waals surface area (Å²) < 4.78 is 34.5. The summed E-state index contributed by atoms with van der Waals surface area (Å²) in [6.45, 7) is 7.52. The van der Waals surface area contributed by atoms with Crippen LogP contribution in [0.4, 0.5) is 25.1 Å². The highest BCUT2D eigenvalue weighted by Gasteiger charge is 2.33. The van der Waals surface area contributed by atoms with Crippen molar-refractivity contribution in [1.82, 2.24) is 9.88 Å². The van der Waals surface area contributed by atoms with E-state index in [9.17, 15) is 18.4 Å². The minimum absolute atomic E-state index is 0.0339. The molecule has 4 rings (SSSR count). The molecule has 9 heteroatoms. The van der Waals surface area contributed by atoms with Gasteiger partial charge in [-0.2, -0.15) is 0 Å². The van der Waals surface area contributed by atoms with Crippen LogP contribution in [0.3, 0.4) is 0 Å². The first-order chi connectivity index (χ1) is 14.7. The lowest BCUT2D eigenvalue weighted by Crippen LogP contribution is -2.49. The van der Waals surface area contributed by atoms with Crippen LogP contribution in [0.5, 0.6) is 0 Å². The normalized spacial score (nSPS) is 19.1. The maximum Gasteiger partial charge on any atom is 0.414 e. The summed E-state index contributed by atoms with van der Waals surface area (Å²) in [7, 11) is 0. The summed E-state index contributed by atoms with van der Waals surface area (Å²) >= 11 is 0. The molecule has 2 fully saturated rings. The van der Waals surface area contributed by atoms with Gasteiger partial charge < -0.3 is 14.5 Å². The fourth-order valence-electron chi connectivity index (χ4n) is 4.05. The molecule has 1 aromatic heterocycles. The lowest BCUT2D eigenvalue weighted by Gasteiger charge is -2.36. The van der Waals surface area contributed by atoms with E-state index in [0.29, 0.717) is 26.2 Å². The third-order valence-electron chi connectivity index (χ3n) is 5.57. The number of nitrogens with zero attached hydrogens (tertiary/aromatic N) is 4. The first kappa shape index (κ1) is 21.0. The Morgan fingerprint density at radius 2 is 1.74 bits per heavy atom. The van der Waals surface area contributed by atoms with Crippen LogP contribution in [-0.4, -0.2) is 60.7 Å². The van der Waals surface area contributed by atoms with Gasteiger partial charge in [-0.15, -0.1) is 0 Å². The van der Waals surface area contributed by atoms with Crippen LogP contribution in [-0.2, 0) is 4.74 Å². The van der Waals surface area contributed by atoms with Crippen LogP contribution in [0, 0.1) is 25.5 Å². The summed E-state index contributed by atoms with van der Waals surface area (Å²) in [6.07, 6.45) is 0.757. The average molecular weight is 430 g/mol. The van der Waals surface area contributed by atoms with Crippen molar-refractivity contribution in [3.05, 3.63) is 52.7 Å². The maximum atomic E-state index is 14.7. The Labute approximate surface area is 179 Å². The van der Waals surface area contributed by atoms with E-state index in [-0.39, 0.29) is 18.3 Å². The average Bonchev–Trinajstić information content (AvgIpc) is 3.05. The predicted octanol–water partition coefficient (Wildman–Crippen LogP) is 3.28. The van der Waals surface area contributed by atoms with Crippen LogP contribution in [0.15, 0.2) is 24.4 Å².